The second-order valence-electron chi connectivity index (χ2n) is 5.08. The molecule has 1 amide bonds. The molecule has 0 spiro atoms. The Hall–Kier alpha value is -2.47. The van der Waals surface area contributed by atoms with Crippen molar-refractivity contribution in [3.63, 3.8) is 0 Å². The van der Waals surface area contributed by atoms with E-state index < -0.39 is 5.56 Å². The molecule has 0 aliphatic carbocycles. The summed E-state index contributed by atoms with van der Waals surface area (Å²) in [6, 6.07) is 9.13. The molecule has 1 saturated heterocycles. The van der Waals surface area contributed by atoms with Gasteiger partial charge in [-0.1, -0.05) is 12.1 Å². The van der Waals surface area contributed by atoms with Crippen molar-refractivity contribution in [2.75, 3.05) is 19.7 Å². The molecule has 1 fully saturated rings. The summed E-state index contributed by atoms with van der Waals surface area (Å²) in [5, 5.41) is 0. The van der Waals surface area contributed by atoms with Crippen molar-refractivity contribution in [2.45, 2.75) is 6.10 Å². The third-order valence-corrected chi connectivity index (χ3v) is 3.64. The number of hydrogen-bond acceptors (Lipinski definition) is 3. The van der Waals surface area contributed by atoms with Gasteiger partial charge in [-0.05, 0) is 29.8 Å². The Morgan fingerprint density at radius 1 is 1.27 bits per heavy atom. The average Bonchev–Trinajstić information content (AvgIpc) is 2.55. The molecule has 5 nitrogen and oxygen atoms in total. The molecule has 1 aliphatic rings. The molecule has 1 atom stereocenters. The minimum Gasteiger partial charge on any atom is -0.370 e. The van der Waals surface area contributed by atoms with Crippen LogP contribution in [0.2, 0.25) is 0 Å². The summed E-state index contributed by atoms with van der Waals surface area (Å²) in [5.41, 5.74) is 0.514. The topological polar surface area (TPSA) is 62.4 Å². The normalized spacial score (nSPS) is 18.2. The summed E-state index contributed by atoms with van der Waals surface area (Å²) in [6.45, 7) is 1.13. The molecule has 6 heteroatoms. The van der Waals surface area contributed by atoms with Gasteiger partial charge in [0.15, 0.2) is 0 Å². The highest BCUT2D eigenvalue weighted by Crippen LogP contribution is 2.23. The first-order valence-electron chi connectivity index (χ1n) is 6.99. The molecule has 3 rings (SSSR count). The summed E-state index contributed by atoms with van der Waals surface area (Å²) in [7, 11) is 0. The summed E-state index contributed by atoms with van der Waals surface area (Å²) in [4.78, 5) is 28.2. The third-order valence-electron chi connectivity index (χ3n) is 3.64. The van der Waals surface area contributed by atoms with Crippen molar-refractivity contribution in [2.24, 2.45) is 0 Å². The number of pyridine rings is 1. The Morgan fingerprint density at radius 3 is 2.77 bits per heavy atom. The molecule has 0 bridgehead atoms. The maximum absolute atomic E-state index is 13.0. The number of rotatable bonds is 2. The lowest BCUT2D eigenvalue weighted by atomic mass is 10.1. The van der Waals surface area contributed by atoms with Gasteiger partial charge in [-0.25, -0.2) is 4.39 Å². The van der Waals surface area contributed by atoms with Gasteiger partial charge in [0.25, 0.3) is 11.5 Å². The second-order valence-corrected chi connectivity index (χ2v) is 5.08. The smallest absolute Gasteiger partial charge is 0.260 e. The van der Waals surface area contributed by atoms with Gasteiger partial charge in [0.05, 0.1) is 13.2 Å². The van der Waals surface area contributed by atoms with E-state index in [-0.39, 0.29) is 23.4 Å². The average molecular weight is 302 g/mol. The van der Waals surface area contributed by atoms with Crippen molar-refractivity contribution in [3.05, 3.63) is 69.9 Å². The Labute approximate surface area is 126 Å². The van der Waals surface area contributed by atoms with Crippen molar-refractivity contribution < 1.29 is 13.9 Å². The number of aromatic nitrogens is 1. The Bertz CT molecular complexity index is 727. The zero-order valence-electron chi connectivity index (χ0n) is 11.8. The van der Waals surface area contributed by atoms with E-state index in [2.05, 4.69) is 4.98 Å². The first kappa shape index (κ1) is 14.5. The van der Waals surface area contributed by atoms with Gasteiger partial charge in [-0.15, -0.1) is 0 Å². The minimum atomic E-state index is -0.405. The number of carbonyl (C=O) groups is 1. The number of nitrogens with zero attached hydrogens (tertiary/aromatic N) is 1. The van der Waals surface area contributed by atoms with E-state index in [1.807, 2.05) is 0 Å². The lowest BCUT2D eigenvalue weighted by Gasteiger charge is -2.33. The number of amides is 1. The van der Waals surface area contributed by atoms with Gasteiger partial charge in [0.1, 0.15) is 17.5 Å². The first-order chi connectivity index (χ1) is 10.6. The van der Waals surface area contributed by atoms with E-state index in [1.54, 1.807) is 23.1 Å². The SMILES string of the molecule is O=C(c1ccc[nH]c1=O)N1CCOC(c2ccc(F)cc2)C1. The largest absolute Gasteiger partial charge is 0.370 e. The van der Waals surface area contributed by atoms with Crippen molar-refractivity contribution >= 4 is 5.91 Å². The van der Waals surface area contributed by atoms with E-state index in [0.717, 1.165) is 5.56 Å². The summed E-state index contributed by atoms with van der Waals surface area (Å²) < 4.78 is 18.6. The summed E-state index contributed by atoms with van der Waals surface area (Å²) in [5.74, 6) is -0.638. The number of H-pyrrole nitrogens is 1. The molecule has 1 unspecified atom stereocenters. The second kappa shape index (κ2) is 6.11. The molecular weight excluding hydrogens is 287 g/mol. The number of hydrogen-bond donors (Lipinski definition) is 1. The molecule has 2 aromatic rings. The predicted octanol–water partition coefficient (Wildman–Crippen LogP) is 1.73. The van der Waals surface area contributed by atoms with Crippen molar-refractivity contribution in [1.29, 1.82) is 0 Å². The Morgan fingerprint density at radius 2 is 2.05 bits per heavy atom. The number of halogens is 1. The van der Waals surface area contributed by atoms with E-state index in [4.69, 9.17) is 4.74 Å². The standard InChI is InChI=1S/C16H15FN2O3/c17-12-5-3-11(4-6-12)14-10-19(8-9-22-14)16(21)13-2-1-7-18-15(13)20/h1-7,14H,8-10H2,(H,18,20). The van der Waals surface area contributed by atoms with E-state index in [9.17, 15) is 14.0 Å². The fourth-order valence-corrected chi connectivity index (χ4v) is 2.47. The number of benzene rings is 1. The fourth-order valence-electron chi connectivity index (χ4n) is 2.47. The lowest BCUT2D eigenvalue weighted by molar-refractivity contribution is -0.0229. The van der Waals surface area contributed by atoms with Crippen LogP contribution in [-0.4, -0.2) is 35.5 Å². The summed E-state index contributed by atoms with van der Waals surface area (Å²) in [6.07, 6.45) is 1.17. The fraction of sp³-hybridized carbons (Fsp3) is 0.250. The zero-order chi connectivity index (χ0) is 15.5. The van der Waals surface area contributed by atoms with Crippen LogP contribution in [-0.2, 0) is 4.74 Å². The lowest BCUT2D eigenvalue weighted by Crippen LogP contribution is -2.43. The highest BCUT2D eigenvalue weighted by molar-refractivity contribution is 5.93. The van der Waals surface area contributed by atoms with Gasteiger partial charge in [-0.2, -0.15) is 0 Å². The van der Waals surface area contributed by atoms with Crippen LogP contribution in [0.25, 0.3) is 0 Å². The Balaban J connectivity index is 1.78. The van der Waals surface area contributed by atoms with E-state index in [1.165, 1.54) is 24.4 Å². The maximum atomic E-state index is 13.0. The predicted molar refractivity (Wildman–Crippen MR) is 78.1 cm³/mol. The van der Waals surface area contributed by atoms with Crippen LogP contribution in [0.4, 0.5) is 4.39 Å². The van der Waals surface area contributed by atoms with Gasteiger partial charge in [0, 0.05) is 12.7 Å². The summed E-state index contributed by atoms with van der Waals surface area (Å²) >= 11 is 0. The molecule has 1 aromatic heterocycles. The molecule has 0 radical (unpaired) electrons. The Kier molecular flexibility index (Phi) is 4.02. The minimum absolute atomic E-state index is 0.113. The molecule has 0 saturated carbocycles. The quantitative estimate of drug-likeness (QED) is 0.919. The van der Waals surface area contributed by atoms with E-state index in [0.29, 0.717) is 19.7 Å². The molecule has 1 N–H and O–H groups in total. The number of carbonyl (C=O) groups excluding carboxylic acids is 1. The van der Waals surface area contributed by atoms with E-state index >= 15 is 0 Å². The molecule has 1 aromatic carbocycles. The van der Waals surface area contributed by atoms with Gasteiger partial charge < -0.3 is 14.6 Å². The molecule has 22 heavy (non-hydrogen) atoms. The van der Waals surface area contributed by atoms with Gasteiger partial charge in [-0.3, -0.25) is 9.59 Å². The zero-order valence-corrected chi connectivity index (χ0v) is 11.8. The van der Waals surface area contributed by atoms with Crippen LogP contribution in [0.15, 0.2) is 47.4 Å². The molecule has 2 heterocycles. The third kappa shape index (κ3) is 2.92. The van der Waals surface area contributed by atoms with Gasteiger partial charge in [0.2, 0.25) is 0 Å². The first-order valence-corrected chi connectivity index (χ1v) is 6.99. The number of morpholine rings is 1. The van der Waals surface area contributed by atoms with Crippen LogP contribution >= 0.6 is 0 Å². The van der Waals surface area contributed by atoms with Crippen LogP contribution in [0.1, 0.15) is 22.0 Å². The van der Waals surface area contributed by atoms with Crippen LogP contribution < -0.4 is 5.56 Å². The monoisotopic (exact) mass is 302 g/mol. The highest BCUT2D eigenvalue weighted by atomic mass is 19.1. The maximum Gasteiger partial charge on any atom is 0.260 e. The van der Waals surface area contributed by atoms with Crippen molar-refractivity contribution in [3.8, 4) is 0 Å². The van der Waals surface area contributed by atoms with Crippen LogP contribution in [0.3, 0.4) is 0 Å². The molecular formula is C16H15FN2O3. The van der Waals surface area contributed by atoms with Crippen LogP contribution in [0.5, 0.6) is 0 Å². The number of aromatic amines is 1. The molecule has 114 valence electrons. The van der Waals surface area contributed by atoms with Crippen LogP contribution in [0, 0.1) is 5.82 Å². The van der Waals surface area contributed by atoms with Gasteiger partial charge >= 0.3 is 0 Å². The molecule has 1 aliphatic heterocycles. The number of ether oxygens (including phenoxy) is 1. The number of nitrogens with one attached hydrogen (secondary N) is 1. The van der Waals surface area contributed by atoms with Crippen molar-refractivity contribution in [1.82, 2.24) is 9.88 Å². The highest BCUT2D eigenvalue weighted by Gasteiger charge is 2.27.